The predicted molar refractivity (Wildman–Crippen MR) is 81.2 cm³/mol. The fourth-order valence-electron chi connectivity index (χ4n) is 1.84. The summed E-state index contributed by atoms with van der Waals surface area (Å²) >= 11 is 0. The molecule has 2 rings (SSSR count). The first-order chi connectivity index (χ1) is 10.8. The number of amides is 2. The Balaban J connectivity index is 2.06. The maximum absolute atomic E-state index is 14.0. The lowest BCUT2D eigenvalue weighted by atomic mass is 10.1. The van der Waals surface area contributed by atoms with Gasteiger partial charge >= 0.3 is 0 Å². The van der Waals surface area contributed by atoms with Gasteiger partial charge in [0.25, 0.3) is 11.9 Å². The second-order valence-corrected chi connectivity index (χ2v) is 5.40. The molecule has 0 aliphatic heterocycles. The molecule has 1 heterocycles. The van der Waals surface area contributed by atoms with Gasteiger partial charge in [-0.15, -0.1) is 5.10 Å². The summed E-state index contributed by atoms with van der Waals surface area (Å²) in [7, 11) is 1.55. The van der Waals surface area contributed by atoms with Crippen LogP contribution < -0.4 is 10.6 Å². The Hall–Kier alpha value is -2.84. The highest BCUT2D eigenvalue weighted by Crippen LogP contribution is 2.17. The van der Waals surface area contributed by atoms with Gasteiger partial charge < -0.3 is 5.32 Å². The molecule has 2 amide bonds. The normalized spacial score (nSPS) is 10.7. The molecule has 0 radical (unpaired) electrons. The van der Waals surface area contributed by atoms with E-state index < -0.39 is 11.7 Å². The van der Waals surface area contributed by atoms with Gasteiger partial charge in [0, 0.05) is 12.0 Å². The fourth-order valence-corrected chi connectivity index (χ4v) is 1.84. The molecule has 1 aromatic heterocycles. The molecule has 0 spiro atoms. The van der Waals surface area contributed by atoms with Crippen LogP contribution >= 0.6 is 0 Å². The maximum Gasteiger partial charge on any atom is 0.270 e. The van der Waals surface area contributed by atoms with Crippen molar-refractivity contribution in [2.45, 2.75) is 20.3 Å². The predicted octanol–water partition coefficient (Wildman–Crippen LogP) is 1.59. The van der Waals surface area contributed by atoms with Crippen LogP contribution in [-0.4, -0.2) is 32.0 Å². The number of hydrogen-bond donors (Lipinski definition) is 2. The molecule has 8 nitrogen and oxygen atoms in total. The van der Waals surface area contributed by atoms with Gasteiger partial charge in [-0.2, -0.15) is 4.80 Å². The number of hydrogen-bond acceptors (Lipinski definition) is 5. The monoisotopic (exact) mass is 320 g/mol. The van der Waals surface area contributed by atoms with Gasteiger partial charge in [0.05, 0.1) is 12.7 Å². The molecule has 2 aromatic rings. The molecular weight excluding hydrogens is 303 g/mol. The highest BCUT2D eigenvalue weighted by Gasteiger charge is 2.14. The highest BCUT2D eigenvalue weighted by atomic mass is 19.1. The minimum Gasteiger partial charge on any atom is -0.324 e. The summed E-state index contributed by atoms with van der Waals surface area (Å²) in [6.45, 7) is 3.79. The van der Waals surface area contributed by atoms with Gasteiger partial charge in [-0.25, -0.2) is 4.39 Å². The van der Waals surface area contributed by atoms with Crippen molar-refractivity contribution in [1.82, 2.24) is 20.2 Å². The van der Waals surface area contributed by atoms with Gasteiger partial charge in [-0.05, 0) is 29.3 Å². The number of benzene rings is 1. The zero-order valence-electron chi connectivity index (χ0n) is 13.0. The summed E-state index contributed by atoms with van der Waals surface area (Å²) < 4.78 is 14.0. The van der Waals surface area contributed by atoms with Gasteiger partial charge in [0.2, 0.25) is 5.91 Å². The van der Waals surface area contributed by atoms with Crippen molar-refractivity contribution in [3.05, 3.63) is 29.6 Å². The second-order valence-electron chi connectivity index (χ2n) is 5.40. The lowest BCUT2D eigenvalue weighted by molar-refractivity contribution is -0.116. The quantitative estimate of drug-likeness (QED) is 0.871. The summed E-state index contributed by atoms with van der Waals surface area (Å²) in [5.41, 5.74) is 0.113. The van der Waals surface area contributed by atoms with E-state index in [4.69, 9.17) is 0 Å². The Kier molecular flexibility index (Phi) is 4.99. The van der Waals surface area contributed by atoms with Crippen molar-refractivity contribution in [3.8, 4) is 0 Å². The third-order valence-electron chi connectivity index (χ3n) is 2.83. The third-order valence-corrected chi connectivity index (χ3v) is 2.83. The molecule has 0 saturated heterocycles. The van der Waals surface area contributed by atoms with Gasteiger partial charge in [0.1, 0.15) is 5.82 Å². The molecule has 0 atom stereocenters. The van der Waals surface area contributed by atoms with Crippen LogP contribution in [0.1, 0.15) is 30.6 Å². The molecule has 122 valence electrons. The lowest BCUT2D eigenvalue weighted by Gasteiger charge is -2.09. The van der Waals surface area contributed by atoms with E-state index in [0.29, 0.717) is 6.42 Å². The number of rotatable bonds is 5. The van der Waals surface area contributed by atoms with Crippen molar-refractivity contribution in [2.75, 3.05) is 10.6 Å². The molecule has 0 fully saturated rings. The molecule has 0 saturated carbocycles. The van der Waals surface area contributed by atoms with Gasteiger partial charge in [-0.1, -0.05) is 18.9 Å². The summed E-state index contributed by atoms with van der Waals surface area (Å²) in [6, 6.07) is 3.78. The molecule has 0 unspecified atom stereocenters. The van der Waals surface area contributed by atoms with Crippen LogP contribution in [0.4, 0.5) is 16.0 Å². The molecule has 0 aliphatic rings. The number of halogens is 1. The third kappa shape index (κ3) is 4.56. The fraction of sp³-hybridized carbons (Fsp3) is 0.357. The first kappa shape index (κ1) is 16.5. The lowest BCUT2D eigenvalue weighted by Crippen LogP contribution is -2.16. The van der Waals surface area contributed by atoms with E-state index in [1.165, 1.54) is 16.9 Å². The number of aromatic nitrogens is 4. The Morgan fingerprint density at radius 3 is 2.61 bits per heavy atom. The van der Waals surface area contributed by atoms with Crippen LogP contribution in [-0.2, 0) is 11.8 Å². The number of anilines is 2. The Labute approximate surface area is 132 Å². The van der Waals surface area contributed by atoms with Crippen LogP contribution in [0.25, 0.3) is 0 Å². The maximum atomic E-state index is 14.0. The zero-order valence-corrected chi connectivity index (χ0v) is 13.0. The highest BCUT2D eigenvalue weighted by molar-refractivity contribution is 6.03. The average Bonchev–Trinajstić information content (AvgIpc) is 2.85. The minimum absolute atomic E-state index is 0.0206. The van der Waals surface area contributed by atoms with Crippen LogP contribution in [0.3, 0.4) is 0 Å². The molecule has 2 N–H and O–H groups in total. The smallest absolute Gasteiger partial charge is 0.270 e. The van der Waals surface area contributed by atoms with Crippen LogP contribution in [0.2, 0.25) is 0 Å². The Bertz CT molecular complexity index is 728. The largest absolute Gasteiger partial charge is 0.324 e. The summed E-state index contributed by atoms with van der Waals surface area (Å²) in [6.07, 6.45) is 0.292. The molecule has 9 heteroatoms. The number of tetrazole rings is 1. The minimum atomic E-state index is -0.693. The average molecular weight is 320 g/mol. The molecule has 1 aromatic carbocycles. The first-order valence-corrected chi connectivity index (χ1v) is 7.00. The molecular formula is C14H17FN6O2. The molecule has 0 aliphatic carbocycles. The van der Waals surface area contributed by atoms with Crippen LogP contribution in [0.15, 0.2) is 18.2 Å². The molecule has 23 heavy (non-hydrogen) atoms. The number of nitrogens with zero attached hydrogens (tertiary/aromatic N) is 4. The van der Waals surface area contributed by atoms with Crippen LogP contribution in [0, 0.1) is 11.7 Å². The molecule has 0 bridgehead atoms. The first-order valence-electron chi connectivity index (χ1n) is 7.00. The number of carbonyl (C=O) groups is 2. The van der Waals surface area contributed by atoms with E-state index in [1.807, 2.05) is 13.8 Å². The van der Waals surface area contributed by atoms with Crippen molar-refractivity contribution in [3.63, 3.8) is 0 Å². The van der Waals surface area contributed by atoms with E-state index in [-0.39, 0.29) is 29.0 Å². The van der Waals surface area contributed by atoms with E-state index in [0.717, 1.165) is 6.07 Å². The summed E-state index contributed by atoms with van der Waals surface area (Å²) in [4.78, 5) is 24.8. The van der Waals surface area contributed by atoms with Crippen molar-refractivity contribution in [1.29, 1.82) is 0 Å². The van der Waals surface area contributed by atoms with Gasteiger partial charge in [-0.3, -0.25) is 14.9 Å². The topological polar surface area (TPSA) is 102 Å². The number of nitrogens with one attached hydrogen (secondary N) is 2. The van der Waals surface area contributed by atoms with Crippen molar-refractivity contribution in [2.24, 2.45) is 13.0 Å². The number of aryl methyl sites for hydroxylation is 1. The second kappa shape index (κ2) is 6.95. The standard InChI is InChI=1S/C14H17FN6O2/c1-8(2)6-12(22)16-11-5-4-9(7-10(11)15)13(23)17-14-18-20-21(3)19-14/h4-5,7-8H,6H2,1-3H3,(H,16,22)(H,17,19,23). The Morgan fingerprint density at radius 1 is 1.30 bits per heavy atom. The Morgan fingerprint density at radius 2 is 2.04 bits per heavy atom. The van der Waals surface area contributed by atoms with Crippen molar-refractivity contribution >= 4 is 23.5 Å². The SMILES string of the molecule is CC(C)CC(=O)Nc1ccc(C(=O)Nc2nnn(C)n2)cc1F. The van der Waals surface area contributed by atoms with E-state index in [2.05, 4.69) is 26.0 Å². The van der Waals surface area contributed by atoms with Crippen LogP contribution in [0.5, 0.6) is 0 Å². The summed E-state index contributed by atoms with van der Waals surface area (Å²) in [5, 5.41) is 15.8. The number of carbonyl (C=O) groups excluding carboxylic acids is 2. The van der Waals surface area contributed by atoms with Gasteiger partial charge in [0.15, 0.2) is 0 Å². The van der Waals surface area contributed by atoms with E-state index >= 15 is 0 Å². The zero-order chi connectivity index (χ0) is 17.0. The summed E-state index contributed by atoms with van der Waals surface area (Å²) in [5.74, 6) is -1.35. The van der Waals surface area contributed by atoms with E-state index in [9.17, 15) is 14.0 Å². The van der Waals surface area contributed by atoms with E-state index in [1.54, 1.807) is 7.05 Å². The van der Waals surface area contributed by atoms with Crippen molar-refractivity contribution < 1.29 is 14.0 Å².